The average Bonchev–Trinajstić information content (AvgIpc) is 2.98. The van der Waals surface area contributed by atoms with E-state index < -0.39 is 0 Å². The minimum absolute atomic E-state index is 0. The third-order valence-electron chi connectivity index (χ3n) is 4.07. The summed E-state index contributed by atoms with van der Waals surface area (Å²) in [6, 6.07) is 16.2. The molecule has 3 heterocycles. The lowest BCUT2D eigenvalue weighted by Crippen LogP contribution is -3.00. The maximum absolute atomic E-state index is 5.96. The molecule has 4 nitrogen and oxygen atoms in total. The smallest absolute Gasteiger partial charge is 0.379 e. The zero-order valence-corrected chi connectivity index (χ0v) is 12.5. The van der Waals surface area contributed by atoms with Crippen LogP contribution in [0.15, 0.2) is 58.8 Å². The summed E-state index contributed by atoms with van der Waals surface area (Å²) in [4.78, 5) is 2.20. The summed E-state index contributed by atoms with van der Waals surface area (Å²) >= 11 is 0. The van der Waals surface area contributed by atoms with E-state index in [0.717, 1.165) is 47.4 Å². The Hall–Kier alpha value is -2.46. The van der Waals surface area contributed by atoms with Crippen molar-refractivity contribution in [3.05, 3.63) is 60.3 Å². The van der Waals surface area contributed by atoms with Crippen LogP contribution in [0.1, 0.15) is 5.89 Å². The Morgan fingerprint density at radius 3 is 2.77 bits per heavy atom. The molecule has 2 aromatic carbocycles. The van der Waals surface area contributed by atoms with Crippen molar-refractivity contribution in [2.75, 3.05) is 11.4 Å². The monoisotopic (exact) mass is 312 g/mol. The maximum atomic E-state index is 5.96. The summed E-state index contributed by atoms with van der Waals surface area (Å²) in [5.74, 6) is 2.58. The van der Waals surface area contributed by atoms with Gasteiger partial charge in [0.1, 0.15) is 6.08 Å². The van der Waals surface area contributed by atoms with Gasteiger partial charge in [0.05, 0.1) is 12.2 Å². The summed E-state index contributed by atoms with van der Waals surface area (Å²) in [6.07, 6.45) is 1.98. The summed E-state index contributed by atoms with van der Waals surface area (Å²) in [5.41, 5.74) is 3.16. The number of anilines is 1. The molecule has 0 atom stereocenters. The van der Waals surface area contributed by atoms with Gasteiger partial charge in [-0.05, 0) is 18.2 Å². The highest BCUT2D eigenvalue weighted by molar-refractivity contribution is 5.72. The number of halogens is 1. The van der Waals surface area contributed by atoms with E-state index in [1.807, 2.05) is 42.5 Å². The van der Waals surface area contributed by atoms with Crippen LogP contribution in [0.3, 0.4) is 0 Å². The van der Waals surface area contributed by atoms with Gasteiger partial charge in [0.15, 0.2) is 12.3 Å². The standard InChI is InChI=1S/C17H13N2O2.ClH/c1-3-7-14-12(5-1)18-9-10-19-13-6-2-4-8-15(13)21-17(19)11-16(18)20-14;/h1-8,11H,9-10H2;1H/q+1;/p-1. The Bertz CT molecular complexity index is 901. The molecule has 22 heavy (non-hydrogen) atoms. The molecule has 5 heteroatoms. The van der Waals surface area contributed by atoms with E-state index in [1.54, 1.807) is 0 Å². The second kappa shape index (κ2) is 4.78. The van der Waals surface area contributed by atoms with Crippen molar-refractivity contribution < 1.29 is 26.1 Å². The van der Waals surface area contributed by atoms with E-state index in [9.17, 15) is 0 Å². The largest absolute Gasteiger partial charge is 1.00 e. The molecule has 0 N–H and O–H groups in total. The van der Waals surface area contributed by atoms with Crippen molar-refractivity contribution in [1.29, 1.82) is 0 Å². The number of fused-ring (bicyclic) bond motifs is 6. The predicted molar refractivity (Wildman–Crippen MR) is 78.8 cm³/mol. The van der Waals surface area contributed by atoms with Gasteiger partial charge >= 0.3 is 5.89 Å². The minimum Gasteiger partial charge on any atom is -1.00 e. The third kappa shape index (κ3) is 1.74. The van der Waals surface area contributed by atoms with E-state index >= 15 is 0 Å². The van der Waals surface area contributed by atoms with Crippen LogP contribution in [-0.4, -0.2) is 6.54 Å². The molecule has 3 aromatic rings. The van der Waals surface area contributed by atoms with Gasteiger partial charge in [0.25, 0.3) is 5.52 Å². The molecule has 0 amide bonds. The summed E-state index contributed by atoms with van der Waals surface area (Å²) in [5, 5.41) is 0. The van der Waals surface area contributed by atoms with E-state index in [4.69, 9.17) is 9.15 Å². The van der Waals surface area contributed by atoms with Crippen LogP contribution in [0.5, 0.6) is 5.75 Å². The number of nitrogens with zero attached hydrogens (tertiary/aromatic N) is 2. The highest BCUT2D eigenvalue weighted by atomic mass is 35.5. The van der Waals surface area contributed by atoms with Crippen LogP contribution in [0.2, 0.25) is 0 Å². The summed E-state index contributed by atoms with van der Waals surface area (Å²) in [6.45, 7) is 1.73. The quantitative estimate of drug-likeness (QED) is 0.545. The fourth-order valence-corrected chi connectivity index (χ4v) is 3.09. The van der Waals surface area contributed by atoms with E-state index in [2.05, 4.69) is 21.6 Å². The zero-order valence-electron chi connectivity index (χ0n) is 11.7. The SMILES string of the molecule is C1=C2Oc3ccccc3N2CC[n+]2c1oc1ccccc12.[Cl-]. The maximum Gasteiger partial charge on any atom is 0.379 e. The van der Waals surface area contributed by atoms with E-state index in [1.165, 1.54) is 0 Å². The first-order valence-electron chi connectivity index (χ1n) is 7.08. The molecule has 2 aliphatic heterocycles. The molecule has 0 saturated heterocycles. The highest BCUT2D eigenvalue weighted by Gasteiger charge is 2.33. The first kappa shape index (κ1) is 13.2. The third-order valence-corrected chi connectivity index (χ3v) is 4.07. The molecular formula is C17H13ClN2O2. The molecule has 0 saturated carbocycles. The number of ether oxygens (including phenoxy) is 1. The Kier molecular flexibility index (Phi) is 2.87. The molecule has 0 spiro atoms. The number of hydrogen-bond acceptors (Lipinski definition) is 3. The number of hydrogen-bond donors (Lipinski definition) is 0. The lowest BCUT2D eigenvalue weighted by molar-refractivity contribution is -0.674. The van der Waals surface area contributed by atoms with Crippen molar-refractivity contribution >= 4 is 22.9 Å². The molecule has 1 aromatic heterocycles. The van der Waals surface area contributed by atoms with Gasteiger partial charge in [-0.1, -0.05) is 24.3 Å². The molecule has 0 radical (unpaired) electrons. The van der Waals surface area contributed by atoms with Gasteiger partial charge in [-0.15, -0.1) is 0 Å². The molecule has 0 unspecified atom stereocenters. The molecule has 110 valence electrons. The van der Waals surface area contributed by atoms with Gasteiger partial charge in [-0.3, -0.25) is 0 Å². The Labute approximate surface area is 133 Å². The molecule has 5 rings (SSSR count). The van der Waals surface area contributed by atoms with Gasteiger partial charge in [-0.25, -0.2) is 0 Å². The topological polar surface area (TPSA) is 29.5 Å². The van der Waals surface area contributed by atoms with E-state index in [0.29, 0.717) is 0 Å². The summed E-state index contributed by atoms with van der Waals surface area (Å²) < 4.78 is 14.1. The highest BCUT2D eigenvalue weighted by Crippen LogP contribution is 2.39. The summed E-state index contributed by atoms with van der Waals surface area (Å²) in [7, 11) is 0. The van der Waals surface area contributed by atoms with Gasteiger partial charge in [-0.2, -0.15) is 4.57 Å². The van der Waals surface area contributed by atoms with Gasteiger partial charge in [0.2, 0.25) is 11.5 Å². The number of benzene rings is 2. The number of para-hydroxylation sites is 4. The first-order valence-corrected chi connectivity index (χ1v) is 7.08. The van der Waals surface area contributed by atoms with Crippen molar-refractivity contribution in [3.8, 4) is 5.75 Å². The number of oxazole rings is 1. The van der Waals surface area contributed by atoms with Crippen molar-refractivity contribution in [1.82, 2.24) is 0 Å². The van der Waals surface area contributed by atoms with Crippen LogP contribution in [0, 0.1) is 0 Å². The van der Waals surface area contributed by atoms with E-state index in [-0.39, 0.29) is 12.4 Å². The van der Waals surface area contributed by atoms with Crippen LogP contribution in [0.4, 0.5) is 5.69 Å². The van der Waals surface area contributed by atoms with Crippen molar-refractivity contribution in [2.45, 2.75) is 6.54 Å². The van der Waals surface area contributed by atoms with Crippen molar-refractivity contribution in [2.24, 2.45) is 0 Å². The van der Waals surface area contributed by atoms with Gasteiger partial charge in [0, 0.05) is 6.07 Å². The minimum atomic E-state index is 0. The van der Waals surface area contributed by atoms with Crippen LogP contribution in [0.25, 0.3) is 17.2 Å². The van der Waals surface area contributed by atoms with Crippen LogP contribution in [-0.2, 0) is 6.54 Å². The molecule has 0 fully saturated rings. The Balaban J connectivity index is 0.00000125. The lowest BCUT2D eigenvalue weighted by Gasteiger charge is -2.13. The molecule has 0 aliphatic carbocycles. The molecule has 2 aliphatic rings. The lowest BCUT2D eigenvalue weighted by atomic mass is 10.3. The number of aromatic nitrogens is 1. The molecular weight excluding hydrogens is 300 g/mol. The second-order valence-electron chi connectivity index (χ2n) is 5.26. The van der Waals surface area contributed by atoms with Crippen molar-refractivity contribution in [3.63, 3.8) is 0 Å². The fraction of sp³-hybridized carbons (Fsp3) is 0.118. The predicted octanol–water partition coefficient (Wildman–Crippen LogP) is -0.0647. The normalized spacial score (nSPS) is 15.1. The zero-order chi connectivity index (χ0) is 13.8. The van der Waals surface area contributed by atoms with Crippen LogP contribution < -0.4 is 26.6 Å². The Morgan fingerprint density at radius 1 is 1.00 bits per heavy atom. The first-order chi connectivity index (χ1) is 10.4. The van der Waals surface area contributed by atoms with Crippen LogP contribution >= 0.6 is 0 Å². The number of rotatable bonds is 0. The Morgan fingerprint density at radius 2 is 1.82 bits per heavy atom. The fourth-order valence-electron chi connectivity index (χ4n) is 3.09. The van der Waals surface area contributed by atoms with Gasteiger partial charge < -0.3 is 26.5 Å². The molecule has 0 bridgehead atoms. The second-order valence-corrected chi connectivity index (χ2v) is 5.26. The average molecular weight is 313 g/mol.